The molecule has 0 aliphatic heterocycles. The maximum Gasteiger partial charge on any atom is 0.320 e. The largest absolute Gasteiger partial charge is 0.480 e. The topological polar surface area (TPSA) is 78.4 Å². The number of benzene rings is 1. The number of carboxylic acids is 1. The van der Waals surface area contributed by atoms with E-state index in [4.69, 9.17) is 5.11 Å². The lowest BCUT2D eigenvalue weighted by molar-refractivity contribution is -0.139. The van der Waals surface area contributed by atoms with E-state index in [1.165, 1.54) is 25.1 Å². The molecule has 1 amide bonds. The second-order valence-corrected chi connectivity index (χ2v) is 3.79. The lowest BCUT2D eigenvalue weighted by Crippen LogP contribution is -2.35. The van der Waals surface area contributed by atoms with Crippen molar-refractivity contribution in [3.63, 3.8) is 0 Å². The van der Waals surface area contributed by atoms with Crippen molar-refractivity contribution in [2.45, 2.75) is 19.4 Å². The van der Waals surface area contributed by atoms with Crippen LogP contribution in [0.1, 0.15) is 13.3 Å². The van der Waals surface area contributed by atoms with E-state index in [0.717, 1.165) is 0 Å². The molecule has 0 unspecified atom stereocenters. The molecule has 0 bridgehead atoms. The van der Waals surface area contributed by atoms with E-state index in [1.54, 1.807) is 6.07 Å². The fraction of sp³-hybridized carbons (Fsp3) is 0.333. The summed E-state index contributed by atoms with van der Waals surface area (Å²) in [5.41, 5.74) is 0.119. The third kappa shape index (κ3) is 4.50. The SMILES string of the molecule is C[C@@H](NCCC(=O)Nc1ccccc1F)C(=O)O. The highest BCUT2D eigenvalue weighted by Crippen LogP contribution is 2.12. The molecule has 1 rings (SSSR count). The van der Waals surface area contributed by atoms with Gasteiger partial charge in [-0.3, -0.25) is 9.59 Å². The molecule has 1 aromatic carbocycles. The van der Waals surface area contributed by atoms with E-state index >= 15 is 0 Å². The van der Waals surface area contributed by atoms with Crippen LogP contribution >= 0.6 is 0 Å². The van der Waals surface area contributed by atoms with Crippen molar-refractivity contribution < 1.29 is 19.1 Å². The molecule has 1 aromatic rings. The summed E-state index contributed by atoms with van der Waals surface area (Å²) in [6.45, 7) is 1.70. The summed E-state index contributed by atoms with van der Waals surface area (Å²) in [5.74, 6) is -1.85. The zero-order valence-electron chi connectivity index (χ0n) is 9.94. The lowest BCUT2D eigenvalue weighted by Gasteiger charge is -2.09. The molecule has 0 spiro atoms. The van der Waals surface area contributed by atoms with E-state index in [9.17, 15) is 14.0 Å². The van der Waals surface area contributed by atoms with Gasteiger partial charge in [-0.25, -0.2) is 4.39 Å². The number of carboxylic acid groups (broad SMARTS) is 1. The molecule has 0 saturated heterocycles. The molecule has 18 heavy (non-hydrogen) atoms. The van der Waals surface area contributed by atoms with E-state index < -0.39 is 17.8 Å². The predicted molar refractivity (Wildman–Crippen MR) is 64.7 cm³/mol. The monoisotopic (exact) mass is 254 g/mol. The number of hydrogen-bond donors (Lipinski definition) is 3. The number of aliphatic carboxylic acids is 1. The van der Waals surface area contributed by atoms with Gasteiger partial charge in [-0.2, -0.15) is 0 Å². The molecule has 0 aliphatic carbocycles. The number of rotatable bonds is 6. The Labute approximate surface area is 104 Å². The van der Waals surface area contributed by atoms with Gasteiger partial charge < -0.3 is 15.7 Å². The Kier molecular flexibility index (Phi) is 5.26. The maximum absolute atomic E-state index is 13.2. The van der Waals surface area contributed by atoms with Gasteiger partial charge in [-0.1, -0.05) is 12.1 Å². The summed E-state index contributed by atoms with van der Waals surface area (Å²) >= 11 is 0. The molecule has 5 nitrogen and oxygen atoms in total. The maximum atomic E-state index is 13.2. The molecule has 0 fully saturated rings. The van der Waals surface area contributed by atoms with Gasteiger partial charge in [0, 0.05) is 13.0 Å². The van der Waals surface area contributed by atoms with E-state index in [2.05, 4.69) is 10.6 Å². The fourth-order valence-corrected chi connectivity index (χ4v) is 1.26. The highest BCUT2D eigenvalue weighted by atomic mass is 19.1. The normalized spacial score (nSPS) is 11.9. The van der Waals surface area contributed by atoms with Crippen LogP contribution in [0.5, 0.6) is 0 Å². The van der Waals surface area contributed by atoms with Crippen molar-refractivity contribution in [3.8, 4) is 0 Å². The van der Waals surface area contributed by atoms with Crippen LogP contribution in [0, 0.1) is 5.82 Å². The number of carbonyl (C=O) groups excluding carboxylic acids is 1. The van der Waals surface area contributed by atoms with Gasteiger partial charge in [0.1, 0.15) is 11.9 Å². The van der Waals surface area contributed by atoms with Gasteiger partial charge in [-0.15, -0.1) is 0 Å². The standard InChI is InChI=1S/C12H15FN2O3/c1-8(12(17)18)14-7-6-11(16)15-10-5-3-2-4-9(10)13/h2-5,8,14H,6-7H2,1H3,(H,15,16)(H,17,18)/t8-/m1/s1. The number of carbonyl (C=O) groups is 2. The third-order valence-corrected chi connectivity index (χ3v) is 2.32. The van der Waals surface area contributed by atoms with E-state index in [-0.39, 0.29) is 24.6 Å². The second-order valence-electron chi connectivity index (χ2n) is 3.79. The summed E-state index contributed by atoms with van der Waals surface area (Å²) in [4.78, 5) is 21.9. The Hall–Kier alpha value is -1.95. The molecule has 0 heterocycles. The summed E-state index contributed by atoms with van der Waals surface area (Å²) in [5, 5.41) is 13.7. The molecular weight excluding hydrogens is 239 g/mol. The van der Waals surface area contributed by atoms with Crippen LogP contribution in [0.2, 0.25) is 0 Å². The van der Waals surface area contributed by atoms with Gasteiger partial charge in [0.05, 0.1) is 5.69 Å². The molecule has 1 atom stereocenters. The Balaban J connectivity index is 2.35. The number of nitrogens with one attached hydrogen (secondary N) is 2. The Morgan fingerprint density at radius 3 is 2.67 bits per heavy atom. The zero-order chi connectivity index (χ0) is 13.5. The molecule has 3 N–H and O–H groups in total. The second kappa shape index (κ2) is 6.70. The van der Waals surface area contributed by atoms with Crippen molar-refractivity contribution in [2.24, 2.45) is 0 Å². The number of anilines is 1. The van der Waals surface area contributed by atoms with Crippen LogP contribution in [0.3, 0.4) is 0 Å². The van der Waals surface area contributed by atoms with Crippen molar-refractivity contribution in [3.05, 3.63) is 30.1 Å². The van der Waals surface area contributed by atoms with Crippen molar-refractivity contribution in [2.75, 3.05) is 11.9 Å². The van der Waals surface area contributed by atoms with Gasteiger partial charge >= 0.3 is 5.97 Å². The average molecular weight is 254 g/mol. The highest BCUT2D eigenvalue weighted by molar-refractivity contribution is 5.90. The van der Waals surface area contributed by atoms with E-state index in [0.29, 0.717) is 0 Å². The number of amides is 1. The summed E-state index contributed by atoms with van der Waals surface area (Å²) in [6.07, 6.45) is 0.0754. The summed E-state index contributed by atoms with van der Waals surface area (Å²) < 4.78 is 13.2. The van der Waals surface area contributed by atoms with Crippen LogP contribution < -0.4 is 10.6 Å². The highest BCUT2D eigenvalue weighted by Gasteiger charge is 2.11. The minimum atomic E-state index is -0.982. The molecule has 0 radical (unpaired) electrons. The molecule has 0 aliphatic rings. The lowest BCUT2D eigenvalue weighted by atomic mass is 10.3. The smallest absolute Gasteiger partial charge is 0.320 e. The van der Waals surface area contributed by atoms with Crippen LogP contribution in [-0.2, 0) is 9.59 Å². The molecule has 98 valence electrons. The first kappa shape index (κ1) is 14.1. The Morgan fingerprint density at radius 2 is 2.06 bits per heavy atom. The van der Waals surface area contributed by atoms with Crippen LogP contribution in [0.4, 0.5) is 10.1 Å². The Morgan fingerprint density at radius 1 is 1.39 bits per heavy atom. The zero-order valence-corrected chi connectivity index (χ0v) is 9.94. The minimum absolute atomic E-state index is 0.0754. The first-order valence-corrected chi connectivity index (χ1v) is 5.51. The minimum Gasteiger partial charge on any atom is -0.480 e. The van der Waals surface area contributed by atoms with E-state index in [1.807, 2.05) is 0 Å². The number of halogens is 1. The number of para-hydroxylation sites is 1. The quantitative estimate of drug-likeness (QED) is 0.713. The first-order valence-electron chi connectivity index (χ1n) is 5.51. The van der Waals surface area contributed by atoms with Crippen LogP contribution in [0.25, 0.3) is 0 Å². The van der Waals surface area contributed by atoms with Gasteiger partial charge in [0.15, 0.2) is 0 Å². The van der Waals surface area contributed by atoms with Crippen LogP contribution in [0.15, 0.2) is 24.3 Å². The van der Waals surface area contributed by atoms with Gasteiger partial charge in [0.2, 0.25) is 5.91 Å². The van der Waals surface area contributed by atoms with Crippen molar-refractivity contribution in [1.29, 1.82) is 0 Å². The Bertz CT molecular complexity index is 437. The molecule has 0 aromatic heterocycles. The summed E-state index contributed by atoms with van der Waals surface area (Å²) in [7, 11) is 0. The summed E-state index contributed by atoms with van der Waals surface area (Å²) in [6, 6.07) is 5.14. The molecule has 6 heteroatoms. The average Bonchev–Trinajstić information content (AvgIpc) is 2.32. The predicted octanol–water partition coefficient (Wildman–Crippen LogP) is 1.22. The van der Waals surface area contributed by atoms with Gasteiger partial charge in [-0.05, 0) is 19.1 Å². The van der Waals surface area contributed by atoms with Crippen molar-refractivity contribution in [1.82, 2.24) is 5.32 Å². The van der Waals surface area contributed by atoms with Gasteiger partial charge in [0.25, 0.3) is 0 Å². The molecule has 0 saturated carbocycles. The fourth-order valence-electron chi connectivity index (χ4n) is 1.26. The first-order chi connectivity index (χ1) is 8.50. The van der Waals surface area contributed by atoms with Crippen molar-refractivity contribution >= 4 is 17.6 Å². The molecular formula is C12H15FN2O3. The van der Waals surface area contributed by atoms with Crippen LogP contribution in [-0.4, -0.2) is 29.6 Å². The third-order valence-electron chi connectivity index (χ3n) is 2.32. The number of hydrogen-bond acceptors (Lipinski definition) is 3.